The van der Waals surface area contributed by atoms with Crippen molar-refractivity contribution >= 4 is 9.84 Å². The third-order valence-corrected chi connectivity index (χ3v) is 4.88. The highest BCUT2D eigenvalue weighted by molar-refractivity contribution is 7.91. The normalized spacial score (nSPS) is 13.6. The number of ether oxygens (including phenoxy) is 1. The van der Waals surface area contributed by atoms with E-state index in [2.05, 4.69) is 0 Å². The van der Waals surface area contributed by atoms with Crippen LogP contribution in [0.25, 0.3) is 0 Å². The average Bonchev–Trinajstić information content (AvgIpc) is 2.29. The molecule has 0 unspecified atom stereocenters. The van der Waals surface area contributed by atoms with Crippen molar-refractivity contribution in [2.24, 2.45) is 0 Å². The van der Waals surface area contributed by atoms with Crippen LogP contribution in [-0.2, 0) is 9.84 Å². The lowest BCUT2D eigenvalue weighted by atomic mass is 10.1. The van der Waals surface area contributed by atoms with E-state index < -0.39 is 21.2 Å². The second kappa shape index (κ2) is 6.20. The first-order valence-corrected chi connectivity index (χ1v) is 7.67. The standard InChI is InChI=1S/C13H20O4S/c1-10(2)18(15,16)9-8-17-13-7-5-4-6-12(13)11(3)14/h4-7,10-11,14H,8-9H2,1-3H3/t11-/m0/s1. The minimum atomic E-state index is -3.09. The Bertz CT molecular complexity index is 478. The van der Waals surface area contributed by atoms with Gasteiger partial charge in [0.15, 0.2) is 9.84 Å². The van der Waals surface area contributed by atoms with Gasteiger partial charge in [-0.15, -0.1) is 0 Å². The summed E-state index contributed by atoms with van der Waals surface area (Å²) < 4.78 is 28.7. The Balaban J connectivity index is 2.65. The van der Waals surface area contributed by atoms with Crippen LogP contribution in [0.5, 0.6) is 5.75 Å². The summed E-state index contributed by atoms with van der Waals surface area (Å²) >= 11 is 0. The molecule has 0 saturated carbocycles. The lowest BCUT2D eigenvalue weighted by Crippen LogP contribution is -2.22. The molecule has 0 aliphatic heterocycles. The zero-order valence-electron chi connectivity index (χ0n) is 11.0. The van der Waals surface area contributed by atoms with Crippen molar-refractivity contribution in [1.29, 1.82) is 0 Å². The fraction of sp³-hybridized carbons (Fsp3) is 0.538. The maximum atomic E-state index is 11.6. The van der Waals surface area contributed by atoms with E-state index in [9.17, 15) is 13.5 Å². The Morgan fingerprint density at radius 1 is 1.22 bits per heavy atom. The summed E-state index contributed by atoms with van der Waals surface area (Å²) in [6.45, 7) is 5.05. The number of aliphatic hydroxyl groups is 1. The molecule has 0 heterocycles. The quantitative estimate of drug-likeness (QED) is 0.859. The van der Waals surface area contributed by atoms with Gasteiger partial charge in [-0.2, -0.15) is 0 Å². The number of rotatable bonds is 6. The number of hydrogen-bond donors (Lipinski definition) is 1. The van der Waals surface area contributed by atoms with Crippen LogP contribution in [0.1, 0.15) is 32.4 Å². The molecule has 102 valence electrons. The SMILES string of the molecule is CC(C)S(=O)(=O)CCOc1ccccc1[C@H](C)O. The minimum absolute atomic E-state index is 0.0151. The van der Waals surface area contributed by atoms with E-state index in [-0.39, 0.29) is 12.4 Å². The molecule has 0 spiro atoms. The highest BCUT2D eigenvalue weighted by Gasteiger charge is 2.16. The Morgan fingerprint density at radius 3 is 2.39 bits per heavy atom. The molecule has 1 aromatic rings. The average molecular weight is 272 g/mol. The minimum Gasteiger partial charge on any atom is -0.492 e. The van der Waals surface area contributed by atoms with Crippen molar-refractivity contribution in [2.75, 3.05) is 12.4 Å². The zero-order chi connectivity index (χ0) is 13.8. The molecule has 0 saturated heterocycles. The van der Waals surface area contributed by atoms with Crippen LogP contribution in [0, 0.1) is 0 Å². The third kappa shape index (κ3) is 3.99. The monoisotopic (exact) mass is 272 g/mol. The number of hydrogen-bond acceptors (Lipinski definition) is 4. The van der Waals surface area contributed by atoms with Gasteiger partial charge < -0.3 is 9.84 Å². The molecule has 0 radical (unpaired) electrons. The van der Waals surface area contributed by atoms with Gasteiger partial charge in [-0.25, -0.2) is 8.42 Å². The fourth-order valence-electron chi connectivity index (χ4n) is 1.46. The second-order valence-corrected chi connectivity index (χ2v) is 7.15. The van der Waals surface area contributed by atoms with Crippen molar-refractivity contribution in [3.05, 3.63) is 29.8 Å². The lowest BCUT2D eigenvalue weighted by molar-refractivity contribution is 0.192. The van der Waals surface area contributed by atoms with Gasteiger partial charge in [-0.3, -0.25) is 0 Å². The molecular weight excluding hydrogens is 252 g/mol. The van der Waals surface area contributed by atoms with Gasteiger partial charge in [0.2, 0.25) is 0 Å². The first-order valence-electron chi connectivity index (χ1n) is 5.96. The van der Waals surface area contributed by atoms with Crippen molar-refractivity contribution in [2.45, 2.75) is 32.1 Å². The van der Waals surface area contributed by atoms with E-state index in [4.69, 9.17) is 4.74 Å². The van der Waals surface area contributed by atoms with Gasteiger partial charge in [0.1, 0.15) is 12.4 Å². The van der Waals surface area contributed by atoms with E-state index >= 15 is 0 Å². The largest absolute Gasteiger partial charge is 0.492 e. The Hall–Kier alpha value is -1.07. The predicted octanol–water partition coefficient (Wildman–Crippen LogP) is 1.94. The van der Waals surface area contributed by atoms with Crippen molar-refractivity contribution in [3.63, 3.8) is 0 Å². The van der Waals surface area contributed by atoms with Gasteiger partial charge in [-0.1, -0.05) is 18.2 Å². The van der Waals surface area contributed by atoms with Crippen LogP contribution in [0.4, 0.5) is 0 Å². The molecule has 1 N–H and O–H groups in total. The van der Waals surface area contributed by atoms with Gasteiger partial charge in [0.05, 0.1) is 17.1 Å². The molecule has 0 aliphatic rings. The Morgan fingerprint density at radius 2 is 1.83 bits per heavy atom. The van der Waals surface area contributed by atoms with Crippen molar-refractivity contribution in [3.8, 4) is 5.75 Å². The van der Waals surface area contributed by atoms with Gasteiger partial charge >= 0.3 is 0 Å². The number of sulfone groups is 1. The number of benzene rings is 1. The summed E-state index contributed by atoms with van der Waals surface area (Å²) in [4.78, 5) is 0. The fourth-order valence-corrected chi connectivity index (χ4v) is 2.25. The number of para-hydroxylation sites is 1. The molecule has 4 nitrogen and oxygen atoms in total. The molecule has 18 heavy (non-hydrogen) atoms. The molecule has 1 aromatic carbocycles. The molecule has 1 atom stereocenters. The summed E-state index contributed by atoms with van der Waals surface area (Å²) in [6, 6.07) is 7.08. The lowest BCUT2D eigenvalue weighted by Gasteiger charge is -2.14. The van der Waals surface area contributed by atoms with Gasteiger partial charge in [-0.05, 0) is 26.8 Å². The first-order chi connectivity index (χ1) is 8.34. The highest BCUT2D eigenvalue weighted by atomic mass is 32.2. The second-order valence-electron chi connectivity index (χ2n) is 4.48. The summed E-state index contributed by atoms with van der Waals surface area (Å²) in [5.41, 5.74) is 0.666. The third-order valence-electron chi connectivity index (χ3n) is 2.71. The zero-order valence-corrected chi connectivity index (χ0v) is 11.8. The maximum absolute atomic E-state index is 11.6. The van der Waals surface area contributed by atoms with Gasteiger partial charge in [0.25, 0.3) is 0 Å². The molecule has 1 rings (SSSR count). The maximum Gasteiger partial charge on any atom is 0.155 e. The molecular formula is C13H20O4S. The van der Waals surface area contributed by atoms with Crippen LogP contribution in [0.15, 0.2) is 24.3 Å². The van der Waals surface area contributed by atoms with Crippen LogP contribution in [0.3, 0.4) is 0 Å². The van der Waals surface area contributed by atoms with Crippen LogP contribution in [-0.4, -0.2) is 31.1 Å². The highest BCUT2D eigenvalue weighted by Crippen LogP contribution is 2.24. The smallest absolute Gasteiger partial charge is 0.155 e. The summed E-state index contributed by atoms with van der Waals surface area (Å²) in [5.74, 6) is 0.519. The van der Waals surface area contributed by atoms with Crippen LogP contribution < -0.4 is 4.74 Å². The first kappa shape index (κ1) is 15.0. The topological polar surface area (TPSA) is 63.6 Å². The van der Waals surface area contributed by atoms with E-state index in [1.807, 2.05) is 0 Å². The predicted molar refractivity (Wildman–Crippen MR) is 71.5 cm³/mol. The molecule has 0 aliphatic carbocycles. The Kier molecular flexibility index (Phi) is 5.16. The Labute approximate surface area is 109 Å². The molecule has 0 aromatic heterocycles. The summed E-state index contributed by atoms with van der Waals surface area (Å²) in [6.07, 6.45) is -0.636. The van der Waals surface area contributed by atoms with E-state index in [1.54, 1.807) is 45.0 Å². The molecule has 0 bridgehead atoms. The van der Waals surface area contributed by atoms with E-state index in [1.165, 1.54) is 0 Å². The molecule has 0 fully saturated rings. The van der Waals surface area contributed by atoms with Crippen LogP contribution in [0.2, 0.25) is 0 Å². The molecule has 5 heteroatoms. The summed E-state index contributed by atoms with van der Waals surface area (Å²) in [5, 5.41) is 9.16. The van der Waals surface area contributed by atoms with Gasteiger partial charge in [0, 0.05) is 5.56 Å². The summed E-state index contributed by atoms with van der Waals surface area (Å²) in [7, 11) is -3.09. The van der Waals surface area contributed by atoms with E-state index in [0.717, 1.165) is 0 Å². The number of aliphatic hydroxyl groups excluding tert-OH is 1. The van der Waals surface area contributed by atoms with Crippen molar-refractivity contribution < 1.29 is 18.3 Å². The van der Waals surface area contributed by atoms with Crippen LogP contribution >= 0.6 is 0 Å². The van der Waals surface area contributed by atoms with E-state index in [0.29, 0.717) is 11.3 Å². The van der Waals surface area contributed by atoms with Crippen molar-refractivity contribution in [1.82, 2.24) is 0 Å². The molecule has 0 amide bonds.